The molecule has 0 spiro atoms. The van der Waals surface area contributed by atoms with E-state index < -0.39 is 6.29 Å². The van der Waals surface area contributed by atoms with Gasteiger partial charge in [-0.1, -0.05) is 25.1 Å². The number of aliphatic hydroxyl groups is 1. The van der Waals surface area contributed by atoms with Gasteiger partial charge in [-0.3, -0.25) is 0 Å². The lowest BCUT2D eigenvalue weighted by molar-refractivity contribution is -0.275. The van der Waals surface area contributed by atoms with E-state index >= 15 is 0 Å². The summed E-state index contributed by atoms with van der Waals surface area (Å²) in [6.45, 7) is 6.21. The van der Waals surface area contributed by atoms with Gasteiger partial charge < -0.3 is 24.1 Å². The van der Waals surface area contributed by atoms with Crippen LogP contribution < -0.4 is 4.74 Å². The maximum Gasteiger partial charge on any atom is 0.184 e. The van der Waals surface area contributed by atoms with Gasteiger partial charge >= 0.3 is 0 Å². The van der Waals surface area contributed by atoms with Gasteiger partial charge in [-0.2, -0.15) is 0 Å². The van der Waals surface area contributed by atoms with Crippen LogP contribution in [-0.2, 0) is 14.2 Å². The second-order valence-corrected chi connectivity index (χ2v) is 5.87. The minimum Gasteiger partial charge on any atom is -0.497 e. The summed E-state index contributed by atoms with van der Waals surface area (Å²) in [6, 6.07) is 7.67. The molecule has 1 fully saturated rings. The number of aliphatic hydroxyl groups excluding tert-OH is 1. The standard InChI is InChI=1S/C19H28O5/c1-4-6-7-17-18(23-15(5-2)12-20)13-22-19(24-17)14-8-10-16(21-3)11-9-14/h4,8-11,15,17-20H,1,5-7,12-13H2,2-3H3/t15-,17-,18+,19+/m0/s1. The quantitative estimate of drug-likeness (QED) is 0.702. The van der Waals surface area contributed by atoms with Crippen LogP contribution >= 0.6 is 0 Å². The fraction of sp³-hybridized carbons (Fsp3) is 0.579. The summed E-state index contributed by atoms with van der Waals surface area (Å²) in [5.41, 5.74) is 0.951. The highest BCUT2D eigenvalue weighted by Crippen LogP contribution is 2.31. The zero-order valence-electron chi connectivity index (χ0n) is 14.5. The summed E-state index contributed by atoms with van der Waals surface area (Å²) in [6.07, 6.45) is 3.40. The lowest BCUT2D eigenvalue weighted by Crippen LogP contribution is -2.44. The first-order valence-electron chi connectivity index (χ1n) is 8.50. The summed E-state index contributed by atoms with van der Waals surface area (Å²) in [7, 11) is 1.64. The summed E-state index contributed by atoms with van der Waals surface area (Å²) in [4.78, 5) is 0. The van der Waals surface area contributed by atoms with E-state index in [1.54, 1.807) is 7.11 Å². The number of ether oxygens (including phenoxy) is 4. The molecule has 1 saturated heterocycles. The predicted molar refractivity (Wildman–Crippen MR) is 92.0 cm³/mol. The van der Waals surface area contributed by atoms with Crippen LogP contribution in [0.15, 0.2) is 36.9 Å². The molecule has 134 valence electrons. The van der Waals surface area contributed by atoms with Gasteiger partial charge in [0.05, 0.1) is 32.5 Å². The van der Waals surface area contributed by atoms with Crippen LogP contribution in [0.5, 0.6) is 5.75 Å². The molecule has 1 N–H and O–H groups in total. The van der Waals surface area contributed by atoms with E-state index in [0.717, 1.165) is 30.6 Å². The number of benzene rings is 1. The van der Waals surface area contributed by atoms with Gasteiger partial charge in [0.1, 0.15) is 11.9 Å². The van der Waals surface area contributed by atoms with Crippen molar-refractivity contribution in [3.8, 4) is 5.75 Å². The highest BCUT2D eigenvalue weighted by Gasteiger charge is 2.34. The molecule has 0 unspecified atom stereocenters. The molecule has 2 rings (SSSR count). The summed E-state index contributed by atoms with van der Waals surface area (Å²) >= 11 is 0. The zero-order valence-corrected chi connectivity index (χ0v) is 14.5. The Labute approximate surface area is 144 Å². The molecule has 5 heteroatoms. The molecule has 0 saturated carbocycles. The Morgan fingerprint density at radius 3 is 2.71 bits per heavy atom. The Bertz CT molecular complexity index is 483. The second-order valence-electron chi connectivity index (χ2n) is 5.87. The average molecular weight is 336 g/mol. The lowest BCUT2D eigenvalue weighted by atomic mass is 10.1. The van der Waals surface area contributed by atoms with Gasteiger partial charge in [0, 0.05) is 5.56 Å². The van der Waals surface area contributed by atoms with Gasteiger partial charge in [-0.05, 0) is 31.4 Å². The molecule has 24 heavy (non-hydrogen) atoms. The molecule has 1 aromatic rings. The maximum absolute atomic E-state index is 9.36. The Morgan fingerprint density at radius 1 is 1.38 bits per heavy atom. The fourth-order valence-electron chi connectivity index (χ4n) is 2.69. The Morgan fingerprint density at radius 2 is 2.12 bits per heavy atom. The molecule has 1 aromatic carbocycles. The first-order chi connectivity index (χ1) is 11.7. The van der Waals surface area contributed by atoms with Gasteiger partial charge in [0.25, 0.3) is 0 Å². The molecule has 1 heterocycles. The molecular formula is C19H28O5. The number of hydrogen-bond donors (Lipinski definition) is 1. The Balaban J connectivity index is 2.03. The van der Waals surface area contributed by atoms with Gasteiger partial charge in [0.15, 0.2) is 6.29 Å². The van der Waals surface area contributed by atoms with Crippen molar-refractivity contribution in [1.29, 1.82) is 0 Å². The van der Waals surface area contributed by atoms with E-state index in [2.05, 4.69) is 6.58 Å². The summed E-state index contributed by atoms with van der Waals surface area (Å²) < 4.78 is 23.1. The van der Waals surface area contributed by atoms with Crippen molar-refractivity contribution in [2.75, 3.05) is 20.3 Å². The van der Waals surface area contributed by atoms with Crippen LogP contribution in [-0.4, -0.2) is 43.7 Å². The molecule has 0 aliphatic carbocycles. The van der Waals surface area contributed by atoms with Gasteiger partial charge in [0.2, 0.25) is 0 Å². The largest absolute Gasteiger partial charge is 0.497 e. The first kappa shape index (κ1) is 18.9. The van der Waals surface area contributed by atoms with Crippen molar-refractivity contribution in [3.63, 3.8) is 0 Å². The number of hydrogen-bond acceptors (Lipinski definition) is 5. The highest BCUT2D eigenvalue weighted by atomic mass is 16.7. The van der Waals surface area contributed by atoms with Gasteiger partial charge in [-0.25, -0.2) is 0 Å². The monoisotopic (exact) mass is 336 g/mol. The topological polar surface area (TPSA) is 57.2 Å². The second kappa shape index (κ2) is 9.79. The maximum atomic E-state index is 9.36. The van der Waals surface area contributed by atoms with Crippen LogP contribution in [0.1, 0.15) is 38.0 Å². The van der Waals surface area contributed by atoms with Crippen LogP contribution in [0.4, 0.5) is 0 Å². The third kappa shape index (κ3) is 5.05. The van der Waals surface area contributed by atoms with E-state index in [1.165, 1.54) is 0 Å². The number of methoxy groups -OCH3 is 1. The molecule has 0 amide bonds. The van der Waals surface area contributed by atoms with Crippen molar-refractivity contribution in [2.24, 2.45) is 0 Å². The summed E-state index contributed by atoms with van der Waals surface area (Å²) in [5, 5.41) is 9.36. The van der Waals surface area contributed by atoms with Crippen LogP contribution in [0.3, 0.4) is 0 Å². The minimum atomic E-state index is -0.417. The highest BCUT2D eigenvalue weighted by molar-refractivity contribution is 5.28. The fourth-order valence-corrected chi connectivity index (χ4v) is 2.69. The van der Waals surface area contributed by atoms with E-state index in [9.17, 15) is 5.11 Å². The Hall–Kier alpha value is -1.40. The zero-order chi connectivity index (χ0) is 17.4. The van der Waals surface area contributed by atoms with Crippen LogP contribution in [0.2, 0.25) is 0 Å². The van der Waals surface area contributed by atoms with Gasteiger partial charge in [-0.15, -0.1) is 6.58 Å². The molecule has 1 aliphatic rings. The Kier molecular flexibility index (Phi) is 7.72. The van der Waals surface area contributed by atoms with E-state index in [1.807, 2.05) is 37.3 Å². The minimum absolute atomic E-state index is 0.00306. The van der Waals surface area contributed by atoms with E-state index in [4.69, 9.17) is 18.9 Å². The molecule has 0 bridgehead atoms. The molecule has 0 aromatic heterocycles. The van der Waals surface area contributed by atoms with Crippen molar-refractivity contribution in [1.82, 2.24) is 0 Å². The summed E-state index contributed by atoms with van der Waals surface area (Å²) in [5.74, 6) is 0.799. The van der Waals surface area contributed by atoms with Crippen molar-refractivity contribution in [3.05, 3.63) is 42.5 Å². The lowest BCUT2D eigenvalue weighted by Gasteiger charge is -2.38. The average Bonchev–Trinajstić information content (AvgIpc) is 2.65. The molecule has 1 aliphatic heterocycles. The van der Waals surface area contributed by atoms with E-state index in [0.29, 0.717) is 6.61 Å². The molecule has 5 nitrogen and oxygen atoms in total. The molecule has 0 radical (unpaired) electrons. The molecule has 4 atom stereocenters. The van der Waals surface area contributed by atoms with Crippen molar-refractivity contribution in [2.45, 2.75) is 50.8 Å². The predicted octanol–water partition coefficient (Wildman–Crippen LogP) is 3.23. The number of rotatable bonds is 9. The third-order valence-electron chi connectivity index (χ3n) is 4.19. The van der Waals surface area contributed by atoms with E-state index in [-0.39, 0.29) is 24.9 Å². The number of allylic oxidation sites excluding steroid dienone is 1. The van der Waals surface area contributed by atoms with Crippen LogP contribution in [0.25, 0.3) is 0 Å². The first-order valence-corrected chi connectivity index (χ1v) is 8.50. The molecular weight excluding hydrogens is 308 g/mol. The van der Waals surface area contributed by atoms with Crippen molar-refractivity contribution < 1.29 is 24.1 Å². The van der Waals surface area contributed by atoms with Crippen molar-refractivity contribution >= 4 is 0 Å². The third-order valence-corrected chi connectivity index (χ3v) is 4.19. The SMILES string of the molecule is C=CCC[C@@H]1O[C@H](c2ccc(OC)cc2)OC[C@H]1O[C@@H](CC)CO. The smallest absolute Gasteiger partial charge is 0.184 e. The van der Waals surface area contributed by atoms with Crippen LogP contribution in [0, 0.1) is 0 Å². The normalized spacial score (nSPS) is 25.2.